The maximum Gasteiger partial charge on any atom is 0.223 e. The standard InChI is InChI=1S/C11H17N3O/c1-8-6-9(2)14-10(13-8)12-7-11(15)4-3-5-11/h6,15H,3-5,7H2,1-2H3,(H,12,13,14). The van der Waals surface area contributed by atoms with E-state index in [0.717, 1.165) is 30.7 Å². The molecule has 1 aliphatic carbocycles. The maximum absolute atomic E-state index is 9.89. The molecule has 1 aromatic heterocycles. The van der Waals surface area contributed by atoms with E-state index in [0.29, 0.717) is 12.5 Å². The van der Waals surface area contributed by atoms with Gasteiger partial charge in [-0.2, -0.15) is 0 Å². The first-order valence-corrected chi connectivity index (χ1v) is 5.36. The molecule has 2 rings (SSSR count). The third kappa shape index (κ3) is 2.45. The molecule has 2 N–H and O–H groups in total. The summed E-state index contributed by atoms with van der Waals surface area (Å²) in [4.78, 5) is 8.52. The van der Waals surface area contributed by atoms with E-state index in [1.807, 2.05) is 19.9 Å². The van der Waals surface area contributed by atoms with Gasteiger partial charge in [0.1, 0.15) is 0 Å². The maximum atomic E-state index is 9.89. The van der Waals surface area contributed by atoms with Gasteiger partial charge < -0.3 is 10.4 Å². The van der Waals surface area contributed by atoms with Crippen molar-refractivity contribution in [3.05, 3.63) is 17.5 Å². The Bertz CT molecular complexity index is 341. The molecule has 1 heterocycles. The van der Waals surface area contributed by atoms with Crippen LogP contribution in [0.5, 0.6) is 0 Å². The van der Waals surface area contributed by atoms with Crippen molar-refractivity contribution in [2.45, 2.75) is 38.7 Å². The van der Waals surface area contributed by atoms with Gasteiger partial charge in [-0.1, -0.05) is 0 Å². The topological polar surface area (TPSA) is 58.0 Å². The van der Waals surface area contributed by atoms with E-state index in [1.54, 1.807) is 0 Å². The first-order chi connectivity index (χ1) is 7.07. The van der Waals surface area contributed by atoms with Crippen LogP contribution < -0.4 is 5.32 Å². The summed E-state index contributed by atoms with van der Waals surface area (Å²) >= 11 is 0. The molecule has 1 aromatic rings. The Morgan fingerprint density at radius 2 is 1.93 bits per heavy atom. The minimum Gasteiger partial charge on any atom is -0.388 e. The van der Waals surface area contributed by atoms with Crippen LogP contribution in [0.4, 0.5) is 5.95 Å². The van der Waals surface area contributed by atoms with Gasteiger partial charge in [0.05, 0.1) is 5.60 Å². The third-order valence-electron chi connectivity index (χ3n) is 2.84. The average Bonchev–Trinajstić information content (AvgIpc) is 2.10. The highest BCUT2D eigenvalue weighted by Crippen LogP contribution is 2.31. The summed E-state index contributed by atoms with van der Waals surface area (Å²) in [6.07, 6.45) is 2.88. The molecule has 0 unspecified atom stereocenters. The van der Waals surface area contributed by atoms with Crippen LogP contribution in [0.3, 0.4) is 0 Å². The smallest absolute Gasteiger partial charge is 0.223 e. The van der Waals surface area contributed by atoms with Crippen molar-refractivity contribution in [2.75, 3.05) is 11.9 Å². The number of aryl methyl sites for hydroxylation is 2. The fraction of sp³-hybridized carbons (Fsp3) is 0.636. The van der Waals surface area contributed by atoms with Gasteiger partial charge >= 0.3 is 0 Å². The molecular formula is C11H17N3O. The van der Waals surface area contributed by atoms with E-state index in [2.05, 4.69) is 15.3 Å². The molecule has 0 aliphatic heterocycles. The van der Waals surface area contributed by atoms with E-state index in [9.17, 15) is 5.11 Å². The molecule has 1 saturated carbocycles. The van der Waals surface area contributed by atoms with Gasteiger partial charge in [-0.05, 0) is 39.2 Å². The zero-order valence-electron chi connectivity index (χ0n) is 9.25. The molecule has 0 amide bonds. The van der Waals surface area contributed by atoms with Crippen LogP contribution in [-0.2, 0) is 0 Å². The van der Waals surface area contributed by atoms with Crippen LogP contribution in [0.25, 0.3) is 0 Å². The van der Waals surface area contributed by atoms with E-state index >= 15 is 0 Å². The monoisotopic (exact) mass is 207 g/mol. The SMILES string of the molecule is Cc1cc(C)nc(NCC2(O)CCC2)n1. The van der Waals surface area contributed by atoms with Crippen molar-refractivity contribution in [1.29, 1.82) is 0 Å². The van der Waals surface area contributed by atoms with Crippen molar-refractivity contribution < 1.29 is 5.11 Å². The number of aromatic nitrogens is 2. The Hall–Kier alpha value is -1.16. The highest BCUT2D eigenvalue weighted by atomic mass is 16.3. The van der Waals surface area contributed by atoms with Gasteiger partial charge in [0.2, 0.25) is 5.95 Å². The fourth-order valence-electron chi connectivity index (χ4n) is 1.81. The zero-order chi connectivity index (χ0) is 10.9. The van der Waals surface area contributed by atoms with E-state index in [-0.39, 0.29) is 0 Å². The molecule has 0 bridgehead atoms. The molecule has 4 heteroatoms. The summed E-state index contributed by atoms with van der Waals surface area (Å²) in [6.45, 7) is 4.44. The first-order valence-electron chi connectivity index (χ1n) is 5.36. The largest absolute Gasteiger partial charge is 0.388 e. The number of hydrogen-bond donors (Lipinski definition) is 2. The Morgan fingerprint density at radius 3 is 2.40 bits per heavy atom. The highest BCUT2D eigenvalue weighted by Gasteiger charge is 2.34. The second-order valence-corrected chi connectivity index (χ2v) is 4.41. The highest BCUT2D eigenvalue weighted by molar-refractivity contribution is 5.28. The Balaban J connectivity index is 1.98. The Labute approximate surface area is 89.8 Å². The van der Waals surface area contributed by atoms with Crippen LogP contribution in [0.15, 0.2) is 6.07 Å². The van der Waals surface area contributed by atoms with Crippen LogP contribution in [0.1, 0.15) is 30.7 Å². The summed E-state index contributed by atoms with van der Waals surface area (Å²) in [7, 11) is 0. The molecule has 1 aliphatic rings. The lowest BCUT2D eigenvalue weighted by Gasteiger charge is -2.36. The lowest BCUT2D eigenvalue weighted by atomic mass is 9.80. The number of aliphatic hydroxyl groups is 1. The van der Waals surface area contributed by atoms with Crippen molar-refractivity contribution in [3.8, 4) is 0 Å². The second-order valence-electron chi connectivity index (χ2n) is 4.41. The van der Waals surface area contributed by atoms with Gasteiger partial charge in [-0.3, -0.25) is 0 Å². The fourth-order valence-corrected chi connectivity index (χ4v) is 1.81. The average molecular weight is 207 g/mol. The zero-order valence-corrected chi connectivity index (χ0v) is 9.25. The van der Waals surface area contributed by atoms with Crippen molar-refractivity contribution in [2.24, 2.45) is 0 Å². The van der Waals surface area contributed by atoms with Gasteiger partial charge in [-0.25, -0.2) is 9.97 Å². The first kappa shape index (κ1) is 10.4. The van der Waals surface area contributed by atoms with E-state index in [4.69, 9.17) is 0 Å². The number of rotatable bonds is 3. The molecule has 0 saturated heterocycles. The van der Waals surface area contributed by atoms with Crippen LogP contribution in [0.2, 0.25) is 0 Å². The number of hydrogen-bond acceptors (Lipinski definition) is 4. The molecular weight excluding hydrogens is 190 g/mol. The normalized spacial score (nSPS) is 18.3. The van der Waals surface area contributed by atoms with Crippen LogP contribution in [0, 0.1) is 13.8 Å². The third-order valence-corrected chi connectivity index (χ3v) is 2.84. The van der Waals surface area contributed by atoms with Crippen LogP contribution >= 0.6 is 0 Å². The summed E-state index contributed by atoms with van der Waals surface area (Å²) < 4.78 is 0. The summed E-state index contributed by atoms with van der Waals surface area (Å²) in [5.41, 5.74) is 1.37. The predicted octanol–water partition coefficient (Wildman–Crippen LogP) is 1.42. The second kappa shape index (κ2) is 3.77. The van der Waals surface area contributed by atoms with E-state index in [1.165, 1.54) is 0 Å². The number of nitrogens with one attached hydrogen (secondary N) is 1. The molecule has 1 fully saturated rings. The summed E-state index contributed by atoms with van der Waals surface area (Å²) in [5.74, 6) is 0.618. The van der Waals surface area contributed by atoms with Gasteiger partial charge in [0, 0.05) is 17.9 Å². The van der Waals surface area contributed by atoms with Crippen LogP contribution in [-0.4, -0.2) is 27.2 Å². The van der Waals surface area contributed by atoms with E-state index < -0.39 is 5.60 Å². The Kier molecular flexibility index (Phi) is 2.61. The lowest BCUT2D eigenvalue weighted by molar-refractivity contribution is -0.0203. The van der Waals surface area contributed by atoms with Crippen molar-refractivity contribution >= 4 is 5.95 Å². The van der Waals surface area contributed by atoms with Crippen molar-refractivity contribution in [3.63, 3.8) is 0 Å². The van der Waals surface area contributed by atoms with Gasteiger partial charge in [0.15, 0.2) is 0 Å². The molecule has 0 spiro atoms. The van der Waals surface area contributed by atoms with Gasteiger partial charge in [0.25, 0.3) is 0 Å². The summed E-state index contributed by atoms with van der Waals surface area (Å²) in [5, 5.41) is 13.0. The quantitative estimate of drug-likeness (QED) is 0.787. The minimum atomic E-state index is -0.527. The number of anilines is 1. The molecule has 15 heavy (non-hydrogen) atoms. The molecule has 0 aromatic carbocycles. The minimum absolute atomic E-state index is 0.527. The lowest BCUT2D eigenvalue weighted by Crippen LogP contribution is -2.43. The molecule has 0 radical (unpaired) electrons. The predicted molar refractivity (Wildman–Crippen MR) is 58.8 cm³/mol. The molecule has 0 atom stereocenters. The molecule has 82 valence electrons. The van der Waals surface area contributed by atoms with Gasteiger partial charge in [-0.15, -0.1) is 0 Å². The van der Waals surface area contributed by atoms with Crippen molar-refractivity contribution in [1.82, 2.24) is 9.97 Å². The Morgan fingerprint density at radius 1 is 1.33 bits per heavy atom. The molecule has 4 nitrogen and oxygen atoms in total. The summed E-state index contributed by atoms with van der Waals surface area (Å²) in [6, 6.07) is 1.93. The number of nitrogens with zero attached hydrogens (tertiary/aromatic N) is 2.